The summed E-state index contributed by atoms with van der Waals surface area (Å²) in [7, 11) is 0. The number of esters is 1. The van der Waals surface area contributed by atoms with Gasteiger partial charge in [-0.1, -0.05) is 24.3 Å². The van der Waals surface area contributed by atoms with Gasteiger partial charge in [0.2, 0.25) is 0 Å². The number of aromatic nitrogens is 1. The van der Waals surface area contributed by atoms with Crippen molar-refractivity contribution in [2.75, 3.05) is 5.32 Å². The summed E-state index contributed by atoms with van der Waals surface area (Å²) in [4.78, 5) is 16.6. The van der Waals surface area contributed by atoms with Crippen LogP contribution in [0.2, 0.25) is 0 Å². The fourth-order valence-electron chi connectivity index (χ4n) is 3.51. The second-order valence-electron chi connectivity index (χ2n) is 6.57. The maximum Gasteiger partial charge on any atom is 0.343 e. The Bertz CT molecular complexity index is 801. The van der Waals surface area contributed by atoms with Crippen LogP contribution in [0.15, 0.2) is 36.5 Å². The molecular formula is C18H18N2O3. The van der Waals surface area contributed by atoms with Crippen LogP contribution >= 0.6 is 0 Å². The minimum absolute atomic E-state index is 0.276. The van der Waals surface area contributed by atoms with E-state index in [9.17, 15) is 9.90 Å². The SMILES string of the molecule is CC1(C)OC(=O)c2c1ccnc2N[C@@H]1c2ccccc2C[C@@H]1O. The molecule has 1 aromatic carbocycles. The summed E-state index contributed by atoms with van der Waals surface area (Å²) in [6.45, 7) is 3.72. The number of carbonyl (C=O) groups excluding carboxylic acids is 1. The molecule has 2 N–H and O–H groups in total. The third-order valence-corrected chi connectivity index (χ3v) is 4.65. The van der Waals surface area contributed by atoms with Crippen LogP contribution in [0.4, 0.5) is 5.82 Å². The maximum atomic E-state index is 12.2. The Hall–Kier alpha value is -2.40. The third-order valence-electron chi connectivity index (χ3n) is 4.65. The zero-order valence-electron chi connectivity index (χ0n) is 13.0. The van der Waals surface area contributed by atoms with E-state index in [-0.39, 0.29) is 12.0 Å². The van der Waals surface area contributed by atoms with Crippen LogP contribution < -0.4 is 5.32 Å². The number of aliphatic hydroxyl groups excluding tert-OH is 1. The molecule has 0 fully saturated rings. The number of anilines is 1. The van der Waals surface area contributed by atoms with Gasteiger partial charge in [-0.2, -0.15) is 0 Å². The number of hydrogen-bond donors (Lipinski definition) is 2. The summed E-state index contributed by atoms with van der Waals surface area (Å²) < 4.78 is 5.44. The fourth-order valence-corrected chi connectivity index (χ4v) is 3.51. The minimum atomic E-state index is -0.655. The number of fused-ring (bicyclic) bond motifs is 2. The van der Waals surface area contributed by atoms with Crippen LogP contribution in [0.25, 0.3) is 0 Å². The van der Waals surface area contributed by atoms with Gasteiger partial charge in [-0.25, -0.2) is 9.78 Å². The highest BCUT2D eigenvalue weighted by molar-refractivity contribution is 5.99. The number of aliphatic hydroxyl groups is 1. The number of nitrogens with zero attached hydrogens (tertiary/aromatic N) is 1. The van der Waals surface area contributed by atoms with E-state index in [1.165, 1.54) is 0 Å². The van der Waals surface area contributed by atoms with E-state index in [1.54, 1.807) is 6.20 Å². The van der Waals surface area contributed by atoms with Crippen LogP contribution in [-0.2, 0) is 16.8 Å². The Labute approximate surface area is 134 Å². The van der Waals surface area contributed by atoms with Crippen molar-refractivity contribution in [2.45, 2.75) is 38.0 Å². The van der Waals surface area contributed by atoms with Crippen molar-refractivity contribution in [1.29, 1.82) is 0 Å². The smallest absolute Gasteiger partial charge is 0.343 e. The number of pyridine rings is 1. The first kappa shape index (κ1) is 14.2. The minimum Gasteiger partial charge on any atom is -0.451 e. The predicted molar refractivity (Wildman–Crippen MR) is 85.2 cm³/mol. The lowest BCUT2D eigenvalue weighted by Gasteiger charge is -2.20. The molecule has 5 nitrogen and oxygen atoms in total. The monoisotopic (exact) mass is 310 g/mol. The van der Waals surface area contributed by atoms with Gasteiger partial charge in [0, 0.05) is 18.2 Å². The van der Waals surface area contributed by atoms with Gasteiger partial charge in [0.05, 0.1) is 12.1 Å². The Morgan fingerprint density at radius 1 is 1.30 bits per heavy atom. The van der Waals surface area contributed by atoms with Gasteiger partial charge in [0.15, 0.2) is 0 Å². The molecule has 118 valence electrons. The third kappa shape index (κ3) is 2.11. The van der Waals surface area contributed by atoms with Gasteiger partial charge in [-0.15, -0.1) is 0 Å². The summed E-state index contributed by atoms with van der Waals surface area (Å²) in [5.41, 5.74) is 2.80. The van der Waals surface area contributed by atoms with E-state index in [2.05, 4.69) is 10.3 Å². The van der Waals surface area contributed by atoms with Gasteiger partial charge < -0.3 is 15.2 Å². The van der Waals surface area contributed by atoms with Gasteiger partial charge >= 0.3 is 5.97 Å². The number of ether oxygens (including phenoxy) is 1. The lowest BCUT2D eigenvalue weighted by atomic mass is 9.97. The molecule has 0 saturated carbocycles. The van der Waals surface area contributed by atoms with Gasteiger partial charge in [-0.05, 0) is 31.0 Å². The summed E-state index contributed by atoms with van der Waals surface area (Å²) in [6.07, 6.45) is 1.71. The Kier molecular flexibility index (Phi) is 2.96. The van der Waals surface area contributed by atoms with E-state index >= 15 is 0 Å². The van der Waals surface area contributed by atoms with Crippen LogP contribution in [0.5, 0.6) is 0 Å². The molecule has 4 rings (SSSR count). The number of carbonyl (C=O) groups is 1. The molecule has 23 heavy (non-hydrogen) atoms. The number of benzene rings is 1. The van der Waals surface area contributed by atoms with Crippen LogP contribution in [0, 0.1) is 0 Å². The highest BCUT2D eigenvalue weighted by Gasteiger charge is 2.41. The molecule has 1 aliphatic heterocycles. The van der Waals surface area contributed by atoms with Crippen molar-refractivity contribution in [3.8, 4) is 0 Å². The largest absolute Gasteiger partial charge is 0.451 e. The molecule has 0 amide bonds. The standard InChI is InChI=1S/C18H18N2O3/c1-18(2)12-7-8-19-16(14(12)17(22)23-18)20-15-11-6-4-3-5-10(11)9-13(15)21/h3-8,13,15,21H,9H2,1-2H3,(H,19,20)/t13-,15+/m0/s1. The predicted octanol–water partition coefficient (Wildman–Crippen LogP) is 2.56. The molecule has 2 heterocycles. The highest BCUT2D eigenvalue weighted by atomic mass is 16.6. The summed E-state index contributed by atoms with van der Waals surface area (Å²) in [6, 6.07) is 9.46. The van der Waals surface area contributed by atoms with E-state index in [0.717, 1.165) is 16.7 Å². The summed E-state index contributed by atoms with van der Waals surface area (Å²) >= 11 is 0. The van der Waals surface area contributed by atoms with E-state index in [1.807, 2.05) is 44.2 Å². The number of nitrogens with one attached hydrogen (secondary N) is 1. The first-order chi connectivity index (χ1) is 11.0. The number of rotatable bonds is 2. The van der Waals surface area contributed by atoms with Crippen molar-refractivity contribution >= 4 is 11.8 Å². The molecule has 1 aliphatic carbocycles. The normalized spacial score (nSPS) is 24.0. The molecule has 1 aromatic heterocycles. The van der Waals surface area contributed by atoms with Gasteiger partial charge in [-0.3, -0.25) is 0 Å². The van der Waals surface area contributed by atoms with E-state index < -0.39 is 11.7 Å². The second kappa shape index (κ2) is 4.80. The number of hydrogen-bond acceptors (Lipinski definition) is 5. The average molecular weight is 310 g/mol. The average Bonchev–Trinajstić information content (AvgIpc) is 2.94. The van der Waals surface area contributed by atoms with Gasteiger partial charge in [0.1, 0.15) is 17.0 Å². The molecule has 0 unspecified atom stereocenters. The van der Waals surface area contributed by atoms with Crippen molar-refractivity contribution in [3.63, 3.8) is 0 Å². The fraction of sp³-hybridized carbons (Fsp3) is 0.333. The van der Waals surface area contributed by atoms with Crippen LogP contribution in [0.1, 0.15) is 46.9 Å². The van der Waals surface area contributed by atoms with Crippen molar-refractivity contribution in [3.05, 3.63) is 58.8 Å². The van der Waals surface area contributed by atoms with Crippen molar-refractivity contribution in [1.82, 2.24) is 4.98 Å². The zero-order chi connectivity index (χ0) is 16.2. The molecule has 0 radical (unpaired) electrons. The molecule has 5 heteroatoms. The highest BCUT2D eigenvalue weighted by Crippen LogP contribution is 2.40. The first-order valence-electron chi connectivity index (χ1n) is 7.72. The molecule has 0 spiro atoms. The van der Waals surface area contributed by atoms with E-state index in [4.69, 9.17) is 4.74 Å². The molecular weight excluding hydrogens is 292 g/mol. The van der Waals surface area contributed by atoms with Crippen molar-refractivity contribution in [2.24, 2.45) is 0 Å². The molecule has 2 aromatic rings. The topological polar surface area (TPSA) is 71.5 Å². The molecule has 0 saturated heterocycles. The quantitative estimate of drug-likeness (QED) is 0.834. The van der Waals surface area contributed by atoms with Crippen molar-refractivity contribution < 1.29 is 14.6 Å². The Morgan fingerprint density at radius 3 is 2.91 bits per heavy atom. The maximum absolute atomic E-state index is 12.2. The zero-order valence-corrected chi connectivity index (χ0v) is 13.0. The van der Waals surface area contributed by atoms with Crippen LogP contribution in [0.3, 0.4) is 0 Å². The summed E-state index contributed by atoms with van der Waals surface area (Å²) in [5, 5.41) is 13.6. The first-order valence-corrected chi connectivity index (χ1v) is 7.72. The second-order valence-corrected chi connectivity index (χ2v) is 6.57. The van der Waals surface area contributed by atoms with Crippen LogP contribution in [-0.4, -0.2) is 22.2 Å². The molecule has 2 atom stereocenters. The Morgan fingerprint density at radius 2 is 2.09 bits per heavy atom. The van der Waals surface area contributed by atoms with Gasteiger partial charge in [0.25, 0.3) is 0 Å². The lowest BCUT2D eigenvalue weighted by molar-refractivity contribution is 0.00957. The summed E-state index contributed by atoms with van der Waals surface area (Å²) in [5.74, 6) is 0.0974. The molecule has 2 aliphatic rings. The number of cyclic esters (lactones) is 1. The lowest BCUT2D eigenvalue weighted by Crippen LogP contribution is -2.23. The molecule has 0 bridgehead atoms. The Balaban J connectivity index is 1.75. The van der Waals surface area contributed by atoms with E-state index in [0.29, 0.717) is 17.8 Å².